The van der Waals surface area contributed by atoms with E-state index in [0.717, 1.165) is 5.01 Å². The fourth-order valence-corrected chi connectivity index (χ4v) is 2.37. The molecule has 0 saturated carbocycles. The van der Waals surface area contributed by atoms with Crippen molar-refractivity contribution in [1.82, 2.24) is 15.0 Å². The molecule has 0 fully saturated rings. The maximum absolute atomic E-state index is 12.6. The highest BCUT2D eigenvalue weighted by Crippen LogP contribution is 2.35. The molecule has 0 radical (unpaired) electrons. The molecule has 6 heteroatoms. The SMILES string of the molecule is CC1=NN(C(=O)c2cccnc2)[C@@](O)(c2cccnc2)C1. The van der Waals surface area contributed by atoms with Crippen LogP contribution in [0.5, 0.6) is 0 Å². The number of rotatable bonds is 2. The minimum absolute atomic E-state index is 0.255. The quantitative estimate of drug-likeness (QED) is 0.906. The first-order valence-electron chi connectivity index (χ1n) is 6.53. The van der Waals surface area contributed by atoms with Gasteiger partial charge in [0.2, 0.25) is 0 Å². The van der Waals surface area contributed by atoms with E-state index in [-0.39, 0.29) is 6.42 Å². The van der Waals surface area contributed by atoms with Gasteiger partial charge in [-0.05, 0) is 25.1 Å². The molecule has 1 aliphatic heterocycles. The predicted molar refractivity (Wildman–Crippen MR) is 76.3 cm³/mol. The summed E-state index contributed by atoms with van der Waals surface area (Å²) in [5, 5.41) is 16.3. The molecule has 1 N–H and O–H groups in total. The highest BCUT2D eigenvalue weighted by molar-refractivity contribution is 5.97. The lowest BCUT2D eigenvalue weighted by atomic mass is 9.99. The van der Waals surface area contributed by atoms with E-state index in [1.807, 2.05) is 0 Å². The van der Waals surface area contributed by atoms with Crippen LogP contribution in [0.1, 0.15) is 29.3 Å². The van der Waals surface area contributed by atoms with Gasteiger partial charge in [-0.1, -0.05) is 6.07 Å². The first-order chi connectivity index (χ1) is 10.1. The van der Waals surface area contributed by atoms with Crippen LogP contribution in [0.15, 0.2) is 54.2 Å². The summed E-state index contributed by atoms with van der Waals surface area (Å²) in [5.41, 5.74) is 0.0744. The fourth-order valence-electron chi connectivity index (χ4n) is 2.37. The third-order valence-corrected chi connectivity index (χ3v) is 3.35. The normalized spacial score (nSPS) is 21.2. The van der Waals surface area contributed by atoms with Crippen molar-refractivity contribution in [3.8, 4) is 0 Å². The van der Waals surface area contributed by atoms with Crippen molar-refractivity contribution >= 4 is 11.6 Å². The Kier molecular flexibility index (Phi) is 3.23. The first kappa shape index (κ1) is 13.4. The summed E-state index contributed by atoms with van der Waals surface area (Å²) in [6, 6.07) is 6.75. The number of aromatic nitrogens is 2. The molecule has 0 bridgehead atoms. The van der Waals surface area contributed by atoms with E-state index in [2.05, 4.69) is 15.1 Å². The smallest absolute Gasteiger partial charge is 0.278 e. The van der Waals surface area contributed by atoms with E-state index < -0.39 is 11.6 Å². The van der Waals surface area contributed by atoms with Crippen LogP contribution in [-0.4, -0.2) is 31.7 Å². The Hall–Kier alpha value is -2.60. The van der Waals surface area contributed by atoms with Crippen molar-refractivity contribution in [1.29, 1.82) is 0 Å². The van der Waals surface area contributed by atoms with E-state index in [0.29, 0.717) is 16.8 Å². The van der Waals surface area contributed by atoms with Gasteiger partial charge in [-0.15, -0.1) is 0 Å². The molecule has 3 heterocycles. The van der Waals surface area contributed by atoms with Gasteiger partial charge in [0.1, 0.15) is 0 Å². The minimum atomic E-state index is -1.51. The maximum Gasteiger partial charge on any atom is 0.278 e. The molecule has 6 nitrogen and oxygen atoms in total. The summed E-state index contributed by atoms with van der Waals surface area (Å²) < 4.78 is 0. The standard InChI is InChI=1S/C15H14N4O2/c1-11-8-15(21,13-5-3-7-17-10-13)19(18-11)14(20)12-4-2-6-16-9-12/h2-7,9-10,21H,8H2,1H3/t15-/m0/s1. The number of hydrogen-bond acceptors (Lipinski definition) is 5. The zero-order valence-electron chi connectivity index (χ0n) is 11.5. The van der Waals surface area contributed by atoms with Gasteiger partial charge in [-0.25, -0.2) is 0 Å². The van der Waals surface area contributed by atoms with Crippen LogP contribution in [0.25, 0.3) is 0 Å². The Morgan fingerprint density at radius 1 is 1.24 bits per heavy atom. The summed E-state index contributed by atoms with van der Waals surface area (Å²) >= 11 is 0. The number of amides is 1. The fraction of sp³-hybridized carbons (Fsp3) is 0.200. The van der Waals surface area contributed by atoms with Gasteiger partial charge in [0.05, 0.1) is 5.56 Å². The van der Waals surface area contributed by atoms with Crippen LogP contribution in [0.3, 0.4) is 0 Å². The molecular formula is C15H14N4O2. The molecule has 0 unspecified atom stereocenters. The molecule has 3 rings (SSSR count). The summed E-state index contributed by atoms with van der Waals surface area (Å²) in [5.74, 6) is -0.397. The Bertz CT molecular complexity index is 687. The number of hydrogen-bond donors (Lipinski definition) is 1. The van der Waals surface area contributed by atoms with Crippen molar-refractivity contribution < 1.29 is 9.90 Å². The summed E-state index contributed by atoms with van der Waals surface area (Å²) in [7, 11) is 0. The average molecular weight is 282 g/mol. The lowest BCUT2D eigenvalue weighted by Gasteiger charge is -2.31. The first-order valence-corrected chi connectivity index (χ1v) is 6.53. The minimum Gasteiger partial charge on any atom is -0.365 e. The van der Waals surface area contributed by atoms with E-state index in [4.69, 9.17) is 0 Å². The molecule has 0 saturated heterocycles. The second-order valence-electron chi connectivity index (χ2n) is 4.93. The Morgan fingerprint density at radius 3 is 2.57 bits per heavy atom. The van der Waals surface area contributed by atoms with Gasteiger partial charge in [-0.3, -0.25) is 14.8 Å². The van der Waals surface area contributed by atoms with E-state index in [1.54, 1.807) is 43.6 Å². The van der Waals surface area contributed by atoms with Gasteiger partial charge in [0.15, 0.2) is 5.72 Å². The molecule has 21 heavy (non-hydrogen) atoms. The van der Waals surface area contributed by atoms with Crippen molar-refractivity contribution in [2.75, 3.05) is 0 Å². The number of pyridine rings is 2. The van der Waals surface area contributed by atoms with Crippen LogP contribution in [-0.2, 0) is 5.72 Å². The highest BCUT2D eigenvalue weighted by atomic mass is 16.3. The van der Waals surface area contributed by atoms with E-state index in [1.165, 1.54) is 12.4 Å². The summed E-state index contributed by atoms with van der Waals surface area (Å²) in [6.45, 7) is 1.78. The molecule has 2 aromatic heterocycles. The van der Waals surface area contributed by atoms with Gasteiger partial charge in [-0.2, -0.15) is 10.1 Å². The zero-order chi connectivity index (χ0) is 14.9. The van der Waals surface area contributed by atoms with Gasteiger partial charge in [0, 0.05) is 42.5 Å². The Morgan fingerprint density at radius 2 is 1.95 bits per heavy atom. The molecule has 2 aromatic rings. The largest absolute Gasteiger partial charge is 0.365 e. The Balaban J connectivity index is 2.01. The van der Waals surface area contributed by atoms with Crippen molar-refractivity contribution in [2.45, 2.75) is 19.1 Å². The number of carbonyl (C=O) groups is 1. The van der Waals surface area contributed by atoms with Gasteiger partial charge in [0.25, 0.3) is 5.91 Å². The van der Waals surface area contributed by atoms with Crippen molar-refractivity contribution in [2.24, 2.45) is 5.10 Å². The third kappa shape index (κ3) is 2.30. The average Bonchev–Trinajstić information content (AvgIpc) is 2.84. The van der Waals surface area contributed by atoms with E-state index >= 15 is 0 Å². The molecule has 0 aromatic carbocycles. The predicted octanol–water partition coefficient (Wildman–Crippen LogP) is 1.54. The van der Waals surface area contributed by atoms with E-state index in [9.17, 15) is 9.90 Å². The Labute approximate surface area is 121 Å². The number of carbonyl (C=O) groups excluding carboxylic acids is 1. The molecule has 0 spiro atoms. The lowest BCUT2D eigenvalue weighted by molar-refractivity contribution is -0.0767. The lowest BCUT2D eigenvalue weighted by Crippen LogP contribution is -2.43. The number of nitrogens with zero attached hydrogens (tertiary/aromatic N) is 4. The van der Waals surface area contributed by atoms with Gasteiger partial charge < -0.3 is 5.11 Å². The van der Waals surface area contributed by atoms with Crippen molar-refractivity contribution in [3.05, 3.63) is 60.2 Å². The molecule has 106 valence electrons. The summed E-state index contributed by atoms with van der Waals surface area (Å²) in [4.78, 5) is 20.5. The third-order valence-electron chi connectivity index (χ3n) is 3.35. The number of aliphatic hydroxyl groups is 1. The monoisotopic (exact) mass is 282 g/mol. The molecule has 0 aliphatic carbocycles. The van der Waals surface area contributed by atoms with Crippen LogP contribution in [0, 0.1) is 0 Å². The molecule has 1 amide bonds. The second kappa shape index (κ2) is 5.06. The highest BCUT2D eigenvalue weighted by Gasteiger charge is 2.45. The summed E-state index contributed by atoms with van der Waals surface area (Å²) in [6.07, 6.45) is 6.45. The maximum atomic E-state index is 12.6. The number of hydrazone groups is 1. The molecular weight excluding hydrogens is 268 g/mol. The van der Waals surface area contributed by atoms with Crippen LogP contribution in [0.4, 0.5) is 0 Å². The van der Waals surface area contributed by atoms with Crippen LogP contribution in [0.2, 0.25) is 0 Å². The topological polar surface area (TPSA) is 78.7 Å². The van der Waals surface area contributed by atoms with Crippen molar-refractivity contribution in [3.63, 3.8) is 0 Å². The van der Waals surface area contributed by atoms with Crippen LogP contribution < -0.4 is 0 Å². The molecule has 1 atom stereocenters. The zero-order valence-corrected chi connectivity index (χ0v) is 11.5. The second-order valence-corrected chi connectivity index (χ2v) is 4.93. The van der Waals surface area contributed by atoms with Gasteiger partial charge >= 0.3 is 0 Å². The van der Waals surface area contributed by atoms with Crippen LogP contribution >= 0.6 is 0 Å². The molecule has 1 aliphatic rings.